The monoisotopic (exact) mass is 225 g/mol. The largest absolute Gasteiger partial charge is 0.444 e. The molecule has 1 aliphatic heterocycles. The van der Waals surface area contributed by atoms with E-state index in [1.807, 2.05) is 20.8 Å². The van der Waals surface area contributed by atoms with E-state index in [1.165, 1.54) is 4.90 Å². The van der Waals surface area contributed by atoms with Crippen molar-refractivity contribution in [2.75, 3.05) is 6.61 Å². The molecule has 0 saturated carbocycles. The van der Waals surface area contributed by atoms with Gasteiger partial charge in [0.2, 0.25) is 0 Å². The molecule has 0 bridgehead atoms. The van der Waals surface area contributed by atoms with Crippen molar-refractivity contribution >= 4 is 6.09 Å². The lowest BCUT2D eigenvalue weighted by Gasteiger charge is -2.33. The van der Waals surface area contributed by atoms with Crippen LogP contribution >= 0.6 is 0 Å². The lowest BCUT2D eigenvalue weighted by molar-refractivity contribution is -0.0607. The summed E-state index contributed by atoms with van der Waals surface area (Å²) >= 11 is 0. The zero-order chi connectivity index (χ0) is 12.6. The molecule has 0 aliphatic carbocycles. The zero-order valence-electron chi connectivity index (χ0n) is 10.5. The fourth-order valence-corrected chi connectivity index (χ4v) is 1.58. The summed E-state index contributed by atoms with van der Waals surface area (Å²) in [5, 5.41) is 0. The van der Waals surface area contributed by atoms with Crippen LogP contribution in [0.1, 0.15) is 34.6 Å². The Balaban J connectivity index is 2.84. The van der Waals surface area contributed by atoms with Crippen molar-refractivity contribution in [3.05, 3.63) is 0 Å². The second-order valence-electron chi connectivity index (χ2n) is 5.29. The van der Waals surface area contributed by atoms with Crippen molar-refractivity contribution in [1.29, 1.82) is 0 Å². The minimum absolute atomic E-state index is 0.350. The number of terminal acetylenes is 1. The molecule has 1 amide bonds. The maximum atomic E-state index is 12.0. The number of ether oxygens (including phenoxy) is 2. The summed E-state index contributed by atoms with van der Waals surface area (Å²) in [6, 6.07) is -0.357. The molecule has 1 unspecified atom stereocenters. The summed E-state index contributed by atoms with van der Waals surface area (Å²) in [4.78, 5) is 13.4. The number of rotatable bonds is 0. The maximum Gasteiger partial charge on any atom is 0.413 e. The highest BCUT2D eigenvalue weighted by molar-refractivity contribution is 5.70. The quantitative estimate of drug-likeness (QED) is 0.592. The Labute approximate surface area is 96.9 Å². The first-order chi connectivity index (χ1) is 7.17. The van der Waals surface area contributed by atoms with E-state index < -0.39 is 17.4 Å². The third kappa shape index (κ3) is 2.67. The summed E-state index contributed by atoms with van der Waals surface area (Å²) in [5.41, 5.74) is -1.24. The van der Waals surface area contributed by atoms with Gasteiger partial charge in [0.1, 0.15) is 17.4 Å². The molecule has 1 saturated heterocycles. The van der Waals surface area contributed by atoms with Gasteiger partial charge in [-0.3, -0.25) is 4.90 Å². The van der Waals surface area contributed by atoms with E-state index in [9.17, 15) is 4.79 Å². The van der Waals surface area contributed by atoms with Crippen molar-refractivity contribution in [2.45, 2.75) is 52.0 Å². The first kappa shape index (κ1) is 12.9. The molecular weight excluding hydrogens is 206 g/mol. The van der Waals surface area contributed by atoms with E-state index in [4.69, 9.17) is 15.9 Å². The highest BCUT2D eigenvalue weighted by Crippen LogP contribution is 2.28. The van der Waals surface area contributed by atoms with Gasteiger partial charge >= 0.3 is 6.09 Å². The Morgan fingerprint density at radius 1 is 1.56 bits per heavy atom. The third-order valence-electron chi connectivity index (χ3n) is 2.27. The Bertz CT molecular complexity index is 322. The Morgan fingerprint density at radius 2 is 2.12 bits per heavy atom. The minimum atomic E-state index is -0.709. The normalized spacial score (nSPS) is 24.0. The molecular formula is C12H19NO3. The van der Waals surface area contributed by atoms with Gasteiger partial charge in [-0.15, -0.1) is 6.42 Å². The standard InChI is InChI=1S/C12H19NO3/c1-7-9-8-15-12(5,6)13(9)10(14)16-11(2,3)4/h1,9H,8H2,2-6H3. The van der Waals surface area contributed by atoms with Gasteiger partial charge in [-0.1, -0.05) is 5.92 Å². The molecule has 16 heavy (non-hydrogen) atoms. The van der Waals surface area contributed by atoms with E-state index in [-0.39, 0.29) is 6.04 Å². The molecule has 1 atom stereocenters. The molecule has 0 aromatic carbocycles. The smallest absolute Gasteiger partial charge is 0.413 e. The Hall–Kier alpha value is -1.21. The predicted molar refractivity (Wildman–Crippen MR) is 60.7 cm³/mol. The van der Waals surface area contributed by atoms with Crippen molar-refractivity contribution in [1.82, 2.24) is 4.90 Å². The van der Waals surface area contributed by atoms with E-state index in [0.29, 0.717) is 6.61 Å². The lowest BCUT2D eigenvalue weighted by atomic mass is 10.2. The van der Waals surface area contributed by atoms with Crippen LogP contribution < -0.4 is 0 Å². The average molecular weight is 225 g/mol. The lowest BCUT2D eigenvalue weighted by Crippen LogP contribution is -2.49. The highest BCUT2D eigenvalue weighted by atomic mass is 16.6. The topological polar surface area (TPSA) is 38.8 Å². The van der Waals surface area contributed by atoms with Gasteiger partial charge in [0.05, 0.1) is 6.61 Å². The summed E-state index contributed by atoms with van der Waals surface area (Å²) in [6.07, 6.45) is 4.93. The van der Waals surface area contributed by atoms with E-state index >= 15 is 0 Å². The Morgan fingerprint density at radius 3 is 2.56 bits per heavy atom. The molecule has 0 N–H and O–H groups in total. The van der Waals surface area contributed by atoms with E-state index in [0.717, 1.165) is 0 Å². The van der Waals surface area contributed by atoms with Crippen molar-refractivity contribution in [3.8, 4) is 12.3 Å². The number of nitrogens with zero attached hydrogens (tertiary/aromatic N) is 1. The van der Waals surface area contributed by atoms with Crippen molar-refractivity contribution in [2.24, 2.45) is 0 Å². The van der Waals surface area contributed by atoms with Crippen LogP contribution in [0.3, 0.4) is 0 Å². The van der Waals surface area contributed by atoms with Gasteiger partial charge in [-0.25, -0.2) is 4.79 Å². The molecule has 90 valence electrons. The van der Waals surface area contributed by atoms with E-state index in [2.05, 4.69) is 5.92 Å². The van der Waals surface area contributed by atoms with Crippen LogP contribution in [0.4, 0.5) is 4.79 Å². The first-order valence-corrected chi connectivity index (χ1v) is 5.30. The van der Waals surface area contributed by atoms with Crippen LogP contribution in [0.25, 0.3) is 0 Å². The van der Waals surface area contributed by atoms with Gasteiger partial charge in [-0.05, 0) is 34.6 Å². The SMILES string of the molecule is C#CC1COC(C)(C)N1C(=O)OC(C)(C)C. The molecule has 4 heteroatoms. The van der Waals surface area contributed by atoms with Crippen LogP contribution in [0.5, 0.6) is 0 Å². The molecule has 0 aromatic rings. The summed E-state index contributed by atoms with van der Waals surface area (Å²) in [6.45, 7) is 9.41. The maximum absolute atomic E-state index is 12.0. The molecule has 0 radical (unpaired) electrons. The number of carbonyl (C=O) groups excluding carboxylic acids is 1. The second-order valence-corrected chi connectivity index (χ2v) is 5.29. The third-order valence-corrected chi connectivity index (χ3v) is 2.27. The van der Waals surface area contributed by atoms with Crippen LogP contribution in [-0.2, 0) is 9.47 Å². The first-order valence-electron chi connectivity index (χ1n) is 5.30. The number of amides is 1. The molecule has 0 aromatic heterocycles. The second kappa shape index (κ2) is 3.99. The fourth-order valence-electron chi connectivity index (χ4n) is 1.58. The number of hydrogen-bond donors (Lipinski definition) is 0. The van der Waals surface area contributed by atoms with Crippen molar-refractivity contribution < 1.29 is 14.3 Å². The van der Waals surface area contributed by atoms with Crippen LogP contribution in [-0.4, -0.2) is 35.0 Å². The highest BCUT2D eigenvalue weighted by Gasteiger charge is 2.44. The fraction of sp³-hybridized carbons (Fsp3) is 0.750. The van der Waals surface area contributed by atoms with Crippen LogP contribution in [0.2, 0.25) is 0 Å². The van der Waals surface area contributed by atoms with Crippen LogP contribution in [0.15, 0.2) is 0 Å². The average Bonchev–Trinajstić information content (AvgIpc) is 2.37. The summed E-state index contributed by atoms with van der Waals surface area (Å²) < 4.78 is 10.8. The van der Waals surface area contributed by atoms with Gasteiger partial charge in [0.25, 0.3) is 0 Å². The molecule has 1 heterocycles. The van der Waals surface area contributed by atoms with Gasteiger partial charge < -0.3 is 9.47 Å². The van der Waals surface area contributed by atoms with Gasteiger partial charge in [-0.2, -0.15) is 0 Å². The number of carbonyl (C=O) groups is 1. The molecule has 1 fully saturated rings. The number of hydrogen-bond acceptors (Lipinski definition) is 3. The zero-order valence-corrected chi connectivity index (χ0v) is 10.5. The van der Waals surface area contributed by atoms with Crippen LogP contribution in [0, 0.1) is 12.3 Å². The minimum Gasteiger partial charge on any atom is -0.444 e. The van der Waals surface area contributed by atoms with Gasteiger partial charge in [0.15, 0.2) is 0 Å². The predicted octanol–water partition coefficient (Wildman–Crippen LogP) is 1.99. The Kier molecular flexibility index (Phi) is 3.20. The molecule has 1 aliphatic rings. The molecule has 4 nitrogen and oxygen atoms in total. The molecule has 0 spiro atoms. The summed E-state index contributed by atoms with van der Waals surface area (Å²) in [5.74, 6) is 2.54. The van der Waals surface area contributed by atoms with E-state index in [1.54, 1.807) is 13.8 Å². The molecule has 1 rings (SSSR count). The summed E-state index contributed by atoms with van der Waals surface area (Å²) in [7, 11) is 0. The van der Waals surface area contributed by atoms with Crippen molar-refractivity contribution in [3.63, 3.8) is 0 Å². The van der Waals surface area contributed by atoms with Gasteiger partial charge in [0, 0.05) is 0 Å².